The van der Waals surface area contributed by atoms with Crippen LogP contribution in [-0.4, -0.2) is 23.8 Å². The van der Waals surface area contributed by atoms with E-state index in [0.717, 1.165) is 30.6 Å². The molecule has 0 aliphatic heterocycles. The number of carbonyl (C=O) groups is 2. The van der Waals surface area contributed by atoms with Gasteiger partial charge < -0.3 is 5.73 Å². The van der Waals surface area contributed by atoms with Crippen LogP contribution in [0.5, 0.6) is 0 Å². The van der Waals surface area contributed by atoms with Crippen LogP contribution >= 0.6 is 0 Å². The van der Waals surface area contributed by atoms with Crippen LogP contribution in [0.3, 0.4) is 0 Å². The van der Waals surface area contributed by atoms with Crippen LogP contribution in [-0.2, 0) is 9.59 Å². The molecule has 18 heavy (non-hydrogen) atoms. The molecule has 2 N–H and O–H groups in total. The van der Waals surface area contributed by atoms with Crippen molar-refractivity contribution in [3.05, 3.63) is 6.42 Å². The average molecular weight is 250 g/mol. The van der Waals surface area contributed by atoms with Gasteiger partial charge in [-0.15, -0.1) is 0 Å². The smallest absolute Gasteiger partial charge is 0.239 e. The fraction of sp³-hybridized carbons (Fsp3) is 0.692. The highest BCUT2D eigenvalue weighted by Crippen LogP contribution is 2.32. The first-order valence-electron chi connectivity index (χ1n) is 6.36. The Kier molecular flexibility index (Phi) is 5.63. The third kappa shape index (κ3) is 4.02. The summed E-state index contributed by atoms with van der Waals surface area (Å²) in [5.41, 5.74) is 5.41. The van der Waals surface area contributed by atoms with Crippen LogP contribution in [0, 0.1) is 29.7 Å². The highest BCUT2D eigenvalue weighted by Gasteiger charge is 2.28. The van der Waals surface area contributed by atoms with Crippen molar-refractivity contribution in [3.63, 3.8) is 0 Å². The van der Waals surface area contributed by atoms with Gasteiger partial charge in [-0.25, -0.2) is 0 Å². The standard InChI is InChI=1S/C13H20N3O2/c1-16(9-14)12(17)8-7-11(13(15)18)10-5-3-2-4-6-10/h8,10-11H,2-7H2,1H3,(H2,15,18)/t11-/m0/s1. The largest absolute Gasteiger partial charge is 0.369 e. The van der Waals surface area contributed by atoms with Crippen molar-refractivity contribution in [1.29, 1.82) is 5.26 Å². The minimum atomic E-state index is -0.375. The number of amides is 2. The molecule has 0 saturated heterocycles. The highest BCUT2D eigenvalue weighted by molar-refractivity contribution is 5.87. The van der Waals surface area contributed by atoms with Crippen LogP contribution in [0.25, 0.3) is 0 Å². The van der Waals surface area contributed by atoms with Gasteiger partial charge in [-0.1, -0.05) is 19.3 Å². The number of nitrogens with two attached hydrogens (primary N) is 1. The first kappa shape index (κ1) is 14.5. The lowest BCUT2D eigenvalue weighted by atomic mass is 9.77. The van der Waals surface area contributed by atoms with Gasteiger partial charge in [0, 0.05) is 13.0 Å². The van der Waals surface area contributed by atoms with Gasteiger partial charge in [0.1, 0.15) is 0 Å². The summed E-state index contributed by atoms with van der Waals surface area (Å²) in [5.74, 6) is -0.709. The lowest BCUT2D eigenvalue weighted by molar-refractivity contribution is -0.125. The van der Waals surface area contributed by atoms with E-state index in [2.05, 4.69) is 0 Å². The van der Waals surface area contributed by atoms with Crippen molar-refractivity contribution in [1.82, 2.24) is 4.90 Å². The van der Waals surface area contributed by atoms with Gasteiger partial charge in [0.25, 0.3) is 0 Å². The predicted octanol–water partition coefficient (Wildman–Crippen LogP) is 1.20. The molecule has 1 saturated carbocycles. The van der Waals surface area contributed by atoms with Crippen molar-refractivity contribution in [2.75, 3.05) is 7.05 Å². The van der Waals surface area contributed by atoms with Crippen LogP contribution < -0.4 is 5.73 Å². The summed E-state index contributed by atoms with van der Waals surface area (Å²) in [5, 5.41) is 8.57. The molecule has 1 aliphatic carbocycles. The van der Waals surface area contributed by atoms with Crippen molar-refractivity contribution >= 4 is 11.8 Å². The van der Waals surface area contributed by atoms with Gasteiger partial charge in [-0.3, -0.25) is 14.5 Å². The number of nitriles is 1. The molecule has 1 radical (unpaired) electrons. The first-order valence-corrected chi connectivity index (χ1v) is 6.36. The normalized spacial score (nSPS) is 17.8. The number of hydrogen-bond donors (Lipinski definition) is 1. The Morgan fingerprint density at radius 3 is 2.56 bits per heavy atom. The van der Waals surface area contributed by atoms with Crippen LogP contribution in [0.1, 0.15) is 38.5 Å². The highest BCUT2D eigenvalue weighted by atomic mass is 16.2. The van der Waals surface area contributed by atoms with E-state index in [-0.39, 0.29) is 23.7 Å². The van der Waals surface area contributed by atoms with E-state index in [1.54, 1.807) is 6.19 Å². The molecule has 0 aromatic carbocycles. The number of hydrogen-bond acceptors (Lipinski definition) is 3. The molecule has 1 aliphatic rings. The Bertz CT molecular complexity index is 343. The Hall–Kier alpha value is -1.57. The van der Waals surface area contributed by atoms with Crippen molar-refractivity contribution in [2.45, 2.75) is 38.5 Å². The molecular formula is C13H20N3O2. The van der Waals surface area contributed by atoms with E-state index in [1.807, 2.05) is 0 Å². The minimum absolute atomic E-state index is 0.277. The van der Waals surface area contributed by atoms with E-state index < -0.39 is 0 Å². The molecule has 0 unspecified atom stereocenters. The SMILES string of the molecule is CN(C#N)C(=O)[CH]C[C@H](C(N)=O)C1CCCCC1. The molecule has 5 nitrogen and oxygen atoms in total. The average Bonchev–Trinajstić information content (AvgIpc) is 2.38. The second-order valence-corrected chi connectivity index (χ2v) is 4.84. The fourth-order valence-electron chi connectivity index (χ4n) is 2.49. The van der Waals surface area contributed by atoms with Crippen molar-refractivity contribution in [2.24, 2.45) is 17.6 Å². The zero-order valence-electron chi connectivity index (χ0n) is 10.8. The van der Waals surface area contributed by atoms with Gasteiger partial charge in [-0.2, -0.15) is 5.26 Å². The number of rotatable bonds is 5. The zero-order chi connectivity index (χ0) is 13.5. The molecular weight excluding hydrogens is 230 g/mol. The quantitative estimate of drug-likeness (QED) is 0.587. The molecule has 0 aromatic rings. The van der Waals surface area contributed by atoms with Crippen molar-refractivity contribution < 1.29 is 9.59 Å². The summed E-state index contributed by atoms with van der Waals surface area (Å²) in [4.78, 5) is 23.9. The van der Waals surface area contributed by atoms with Gasteiger partial charge in [0.05, 0.1) is 6.42 Å². The van der Waals surface area contributed by atoms with E-state index in [1.165, 1.54) is 19.9 Å². The summed E-state index contributed by atoms with van der Waals surface area (Å²) in [7, 11) is 1.40. The van der Waals surface area contributed by atoms with Gasteiger partial charge in [0.2, 0.25) is 11.8 Å². The summed E-state index contributed by atoms with van der Waals surface area (Å²) in [6, 6.07) is 0. The molecule has 5 heteroatoms. The Labute approximate surface area is 108 Å². The molecule has 1 atom stereocenters. The fourth-order valence-corrected chi connectivity index (χ4v) is 2.49. The maximum absolute atomic E-state index is 11.5. The lowest BCUT2D eigenvalue weighted by Crippen LogP contribution is -2.33. The molecule has 99 valence electrons. The monoisotopic (exact) mass is 250 g/mol. The third-order valence-corrected chi connectivity index (χ3v) is 3.61. The van der Waals surface area contributed by atoms with Gasteiger partial charge in [0.15, 0.2) is 6.19 Å². The molecule has 0 aromatic heterocycles. The maximum atomic E-state index is 11.5. The number of carbonyl (C=O) groups excluding carboxylic acids is 2. The molecule has 0 heterocycles. The number of nitrogens with zero attached hydrogens (tertiary/aromatic N) is 2. The molecule has 0 bridgehead atoms. The lowest BCUT2D eigenvalue weighted by Gasteiger charge is -2.28. The predicted molar refractivity (Wildman–Crippen MR) is 66.6 cm³/mol. The zero-order valence-corrected chi connectivity index (χ0v) is 10.8. The topological polar surface area (TPSA) is 87.2 Å². The summed E-state index contributed by atoms with van der Waals surface area (Å²) in [6.45, 7) is 0. The first-order chi connectivity index (χ1) is 8.56. The van der Waals surface area contributed by atoms with Gasteiger partial charge in [-0.05, 0) is 25.2 Å². The second-order valence-electron chi connectivity index (χ2n) is 4.84. The van der Waals surface area contributed by atoms with E-state index >= 15 is 0 Å². The Balaban J connectivity index is 2.50. The summed E-state index contributed by atoms with van der Waals surface area (Å²) < 4.78 is 0. The van der Waals surface area contributed by atoms with Crippen LogP contribution in [0.2, 0.25) is 0 Å². The second kappa shape index (κ2) is 7.00. The summed E-state index contributed by atoms with van der Waals surface area (Å²) in [6.07, 6.45) is 8.94. The van der Waals surface area contributed by atoms with Crippen LogP contribution in [0.15, 0.2) is 0 Å². The van der Waals surface area contributed by atoms with Gasteiger partial charge >= 0.3 is 0 Å². The van der Waals surface area contributed by atoms with E-state index in [9.17, 15) is 9.59 Å². The number of primary amides is 1. The molecule has 0 spiro atoms. The molecule has 1 fully saturated rings. The summed E-state index contributed by atoms with van der Waals surface area (Å²) >= 11 is 0. The molecule has 1 rings (SSSR count). The van der Waals surface area contributed by atoms with Crippen molar-refractivity contribution in [3.8, 4) is 6.19 Å². The maximum Gasteiger partial charge on any atom is 0.239 e. The minimum Gasteiger partial charge on any atom is -0.369 e. The molecule has 2 amide bonds. The Morgan fingerprint density at radius 2 is 2.06 bits per heavy atom. The van der Waals surface area contributed by atoms with E-state index in [0.29, 0.717) is 6.42 Å². The third-order valence-electron chi connectivity index (χ3n) is 3.61. The Morgan fingerprint density at radius 1 is 1.44 bits per heavy atom. The van der Waals surface area contributed by atoms with Crippen LogP contribution in [0.4, 0.5) is 0 Å². The van der Waals surface area contributed by atoms with E-state index in [4.69, 9.17) is 11.0 Å².